The van der Waals surface area contributed by atoms with E-state index >= 15 is 0 Å². The van der Waals surface area contributed by atoms with E-state index in [1.165, 1.54) is 0 Å². The number of methoxy groups -OCH3 is 1. The van der Waals surface area contributed by atoms with Gasteiger partial charge in [-0.15, -0.1) is 24.8 Å². The van der Waals surface area contributed by atoms with Crippen molar-refractivity contribution >= 4 is 36.4 Å². The van der Waals surface area contributed by atoms with Crippen LogP contribution in [0.25, 0.3) is 0 Å². The molecule has 0 aliphatic carbocycles. The molecule has 2 N–H and O–H groups in total. The number of rotatable bonds is 3. The van der Waals surface area contributed by atoms with Crippen LogP contribution in [0.2, 0.25) is 0 Å². The highest BCUT2D eigenvalue weighted by Gasteiger charge is 2.21. The minimum atomic E-state index is 0. The topological polar surface area (TPSA) is 63.2 Å². The molecule has 1 atom stereocenters. The minimum Gasteiger partial charge on any atom is -0.494 e. The summed E-state index contributed by atoms with van der Waals surface area (Å²) in [6.07, 6.45) is 5.22. The van der Waals surface area contributed by atoms with Crippen molar-refractivity contribution in [2.24, 2.45) is 5.92 Å². The number of piperidine rings is 1. The third-order valence-corrected chi connectivity index (χ3v) is 2.93. The molecule has 1 saturated heterocycles. The normalized spacial score (nSPS) is 17.6. The van der Waals surface area contributed by atoms with Crippen LogP contribution in [-0.2, 0) is 4.79 Å². The van der Waals surface area contributed by atoms with Crippen molar-refractivity contribution in [1.29, 1.82) is 0 Å². The Labute approximate surface area is 125 Å². The van der Waals surface area contributed by atoms with E-state index in [1.807, 2.05) is 0 Å². The maximum absolute atomic E-state index is 12.0. The lowest BCUT2D eigenvalue weighted by molar-refractivity contribution is -0.120. The molecule has 1 aromatic heterocycles. The average molecular weight is 308 g/mol. The Morgan fingerprint density at radius 3 is 2.95 bits per heavy atom. The van der Waals surface area contributed by atoms with Crippen molar-refractivity contribution in [2.45, 2.75) is 12.8 Å². The first kappa shape index (κ1) is 18.0. The second-order valence-electron chi connectivity index (χ2n) is 4.11. The Hall–Kier alpha value is -1.04. The fraction of sp³-hybridized carbons (Fsp3) is 0.500. The van der Waals surface area contributed by atoms with Gasteiger partial charge in [0.05, 0.1) is 19.2 Å². The fourth-order valence-electron chi connectivity index (χ4n) is 1.96. The van der Waals surface area contributed by atoms with Gasteiger partial charge in [0.15, 0.2) is 0 Å². The first-order valence-electron chi connectivity index (χ1n) is 5.81. The second kappa shape index (κ2) is 8.96. The first-order chi connectivity index (χ1) is 8.31. The molecule has 108 valence electrons. The van der Waals surface area contributed by atoms with Gasteiger partial charge in [-0.05, 0) is 19.4 Å². The Morgan fingerprint density at radius 1 is 1.53 bits per heavy atom. The van der Waals surface area contributed by atoms with E-state index in [0.29, 0.717) is 11.4 Å². The van der Waals surface area contributed by atoms with Gasteiger partial charge in [-0.2, -0.15) is 0 Å². The highest BCUT2D eigenvalue weighted by atomic mass is 35.5. The Kier molecular flexibility index (Phi) is 8.47. The van der Waals surface area contributed by atoms with Crippen molar-refractivity contribution < 1.29 is 9.53 Å². The minimum absolute atomic E-state index is 0. The van der Waals surface area contributed by atoms with Crippen LogP contribution in [0.4, 0.5) is 5.69 Å². The molecule has 7 heteroatoms. The van der Waals surface area contributed by atoms with Gasteiger partial charge in [-0.25, -0.2) is 0 Å². The quantitative estimate of drug-likeness (QED) is 0.895. The number of aromatic nitrogens is 1. The molecule has 1 amide bonds. The van der Waals surface area contributed by atoms with Crippen LogP contribution in [0.15, 0.2) is 18.5 Å². The maximum Gasteiger partial charge on any atom is 0.228 e. The van der Waals surface area contributed by atoms with E-state index in [0.717, 1.165) is 25.9 Å². The molecule has 1 aromatic rings. The number of pyridine rings is 1. The molecule has 0 radical (unpaired) electrons. The third-order valence-electron chi connectivity index (χ3n) is 2.93. The van der Waals surface area contributed by atoms with Crippen LogP contribution in [0.3, 0.4) is 0 Å². The third kappa shape index (κ3) is 4.86. The Bertz CT molecular complexity index is 398. The van der Waals surface area contributed by atoms with Crippen LogP contribution in [0.5, 0.6) is 5.75 Å². The number of amides is 1. The van der Waals surface area contributed by atoms with Gasteiger partial charge in [0.2, 0.25) is 5.91 Å². The lowest BCUT2D eigenvalue weighted by atomic mass is 9.99. The number of anilines is 1. The first-order valence-corrected chi connectivity index (χ1v) is 5.81. The molecule has 5 nitrogen and oxygen atoms in total. The summed E-state index contributed by atoms with van der Waals surface area (Å²) < 4.78 is 5.16. The predicted molar refractivity (Wildman–Crippen MR) is 79.5 cm³/mol. The Balaban J connectivity index is 0.00000162. The fourth-order valence-corrected chi connectivity index (χ4v) is 1.96. The summed E-state index contributed by atoms with van der Waals surface area (Å²) in [5.74, 6) is 0.703. The predicted octanol–water partition coefficient (Wildman–Crippen LogP) is 1.87. The summed E-state index contributed by atoms with van der Waals surface area (Å²) in [6.45, 7) is 1.74. The van der Waals surface area contributed by atoms with Gasteiger partial charge in [0, 0.05) is 18.8 Å². The van der Waals surface area contributed by atoms with Crippen LogP contribution >= 0.6 is 24.8 Å². The summed E-state index contributed by atoms with van der Waals surface area (Å²) in [7, 11) is 1.58. The van der Waals surface area contributed by atoms with Gasteiger partial charge in [0.25, 0.3) is 0 Å². The highest BCUT2D eigenvalue weighted by molar-refractivity contribution is 5.93. The summed E-state index contributed by atoms with van der Waals surface area (Å²) in [5, 5.41) is 6.09. The SMILES string of the molecule is COc1ccncc1NC(=O)C1CCCNC1.Cl.Cl. The van der Waals surface area contributed by atoms with Gasteiger partial charge in [-0.3, -0.25) is 9.78 Å². The van der Waals surface area contributed by atoms with Crippen LogP contribution in [-0.4, -0.2) is 31.1 Å². The van der Waals surface area contributed by atoms with E-state index in [4.69, 9.17) is 4.74 Å². The highest BCUT2D eigenvalue weighted by Crippen LogP contribution is 2.23. The Morgan fingerprint density at radius 2 is 2.32 bits per heavy atom. The van der Waals surface area contributed by atoms with E-state index in [9.17, 15) is 4.79 Å². The van der Waals surface area contributed by atoms with Gasteiger partial charge in [0.1, 0.15) is 11.4 Å². The van der Waals surface area contributed by atoms with Crippen LogP contribution in [0, 0.1) is 5.92 Å². The molecule has 0 bridgehead atoms. The maximum atomic E-state index is 12.0. The van der Waals surface area contributed by atoms with Gasteiger partial charge in [-0.1, -0.05) is 0 Å². The number of carbonyl (C=O) groups excluding carboxylic acids is 1. The number of nitrogens with one attached hydrogen (secondary N) is 2. The molecule has 1 aliphatic heterocycles. The summed E-state index contributed by atoms with van der Waals surface area (Å²) >= 11 is 0. The standard InChI is InChI=1S/C12H17N3O2.2ClH/c1-17-11-4-6-14-8-10(11)15-12(16)9-3-2-5-13-7-9;;/h4,6,8-9,13H,2-3,5,7H2,1H3,(H,15,16);2*1H. The molecular weight excluding hydrogens is 289 g/mol. The van der Waals surface area contributed by atoms with Crippen molar-refractivity contribution in [3.63, 3.8) is 0 Å². The van der Waals surface area contributed by atoms with Crippen LogP contribution in [0.1, 0.15) is 12.8 Å². The molecule has 0 saturated carbocycles. The van der Waals surface area contributed by atoms with Crippen molar-refractivity contribution in [3.8, 4) is 5.75 Å². The summed E-state index contributed by atoms with van der Waals surface area (Å²) in [6, 6.07) is 1.73. The number of hydrogen-bond donors (Lipinski definition) is 2. The van der Waals surface area contributed by atoms with Gasteiger partial charge < -0.3 is 15.4 Å². The van der Waals surface area contributed by atoms with Crippen molar-refractivity contribution in [1.82, 2.24) is 10.3 Å². The molecule has 0 aromatic carbocycles. The smallest absolute Gasteiger partial charge is 0.228 e. The lowest BCUT2D eigenvalue weighted by Gasteiger charge is -2.22. The lowest BCUT2D eigenvalue weighted by Crippen LogP contribution is -2.37. The van der Waals surface area contributed by atoms with E-state index in [2.05, 4.69) is 15.6 Å². The number of hydrogen-bond acceptors (Lipinski definition) is 4. The monoisotopic (exact) mass is 307 g/mol. The zero-order valence-corrected chi connectivity index (χ0v) is 12.4. The molecule has 2 heterocycles. The number of nitrogens with zero attached hydrogens (tertiary/aromatic N) is 1. The number of carbonyl (C=O) groups is 1. The zero-order chi connectivity index (χ0) is 12.1. The van der Waals surface area contributed by atoms with Crippen LogP contribution < -0.4 is 15.4 Å². The summed E-state index contributed by atoms with van der Waals surface area (Å²) in [4.78, 5) is 16.0. The van der Waals surface area contributed by atoms with E-state index in [-0.39, 0.29) is 36.6 Å². The molecule has 2 rings (SSSR count). The average Bonchev–Trinajstić information content (AvgIpc) is 2.40. The molecule has 19 heavy (non-hydrogen) atoms. The van der Waals surface area contributed by atoms with Crippen molar-refractivity contribution in [3.05, 3.63) is 18.5 Å². The number of ether oxygens (including phenoxy) is 1. The largest absolute Gasteiger partial charge is 0.494 e. The molecule has 1 fully saturated rings. The van der Waals surface area contributed by atoms with Gasteiger partial charge >= 0.3 is 0 Å². The molecule has 0 spiro atoms. The molecule has 1 aliphatic rings. The second-order valence-corrected chi connectivity index (χ2v) is 4.11. The molecule has 1 unspecified atom stereocenters. The van der Waals surface area contributed by atoms with Crippen molar-refractivity contribution in [2.75, 3.05) is 25.5 Å². The van der Waals surface area contributed by atoms with E-state index < -0.39 is 0 Å². The summed E-state index contributed by atoms with van der Waals surface area (Å²) in [5.41, 5.74) is 0.630. The number of halogens is 2. The zero-order valence-electron chi connectivity index (χ0n) is 10.7. The molecular formula is C12H19Cl2N3O2. The van der Waals surface area contributed by atoms with E-state index in [1.54, 1.807) is 25.6 Å².